The van der Waals surface area contributed by atoms with Gasteiger partial charge >= 0.3 is 0 Å². The lowest BCUT2D eigenvalue weighted by Gasteiger charge is -2.02. The van der Waals surface area contributed by atoms with Gasteiger partial charge in [-0.1, -0.05) is 34.2 Å². The van der Waals surface area contributed by atoms with E-state index in [-0.39, 0.29) is 4.21 Å². The molecule has 0 fully saturated rings. The third-order valence-corrected chi connectivity index (χ3v) is 6.66. The van der Waals surface area contributed by atoms with Crippen LogP contribution in [0.4, 0.5) is 0 Å². The largest absolute Gasteiger partial charge is 0.250 e. The van der Waals surface area contributed by atoms with Crippen molar-refractivity contribution in [3.63, 3.8) is 0 Å². The van der Waals surface area contributed by atoms with E-state index in [2.05, 4.69) is 43.2 Å². The van der Waals surface area contributed by atoms with Gasteiger partial charge in [-0.05, 0) is 28.4 Å². The van der Waals surface area contributed by atoms with Crippen molar-refractivity contribution >= 4 is 71.5 Å². The smallest absolute Gasteiger partial charge is 0.210 e. The Morgan fingerprint density at radius 2 is 2.27 bits per heavy atom. The predicted octanol–water partition coefficient (Wildman–Crippen LogP) is 3.27. The summed E-state index contributed by atoms with van der Waals surface area (Å²) in [6, 6.07) is 1.45. The van der Waals surface area contributed by atoms with Crippen molar-refractivity contribution in [3.8, 4) is 0 Å². The van der Waals surface area contributed by atoms with E-state index < -0.39 is 10.0 Å². The molecule has 0 aliphatic carbocycles. The Morgan fingerprint density at radius 1 is 1.60 bits per heavy atom. The van der Waals surface area contributed by atoms with Crippen molar-refractivity contribution in [1.29, 1.82) is 0 Å². The second-order valence-corrected chi connectivity index (χ2v) is 8.48. The summed E-state index contributed by atoms with van der Waals surface area (Å²) in [7, 11) is -3.38. The molecule has 0 aliphatic heterocycles. The van der Waals surface area contributed by atoms with Crippen LogP contribution in [0, 0.1) is 0 Å². The molecule has 1 aromatic heterocycles. The molecule has 0 aromatic carbocycles. The van der Waals surface area contributed by atoms with Crippen molar-refractivity contribution in [1.82, 2.24) is 4.72 Å². The van der Waals surface area contributed by atoms with E-state index in [0.29, 0.717) is 15.4 Å². The molecule has 86 valence electrons. The first-order chi connectivity index (χ1) is 6.97. The van der Waals surface area contributed by atoms with Crippen LogP contribution in [0.3, 0.4) is 0 Å². The van der Waals surface area contributed by atoms with Crippen LogP contribution in [0.2, 0.25) is 5.02 Å². The molecule has 3 nitrogen and oxygen atoms in total. The van der Waals surface area contributed by atoms with Crippen molar-refractivity contribution in [2.24, 2.45) is 0 Å². The summed E-state index contributed by atoms with van der Waals surface area (Å²) < 4.78 is 27.7. The van der Waals surface area contributed by atoms with Crippen molar-refractivity contribution in [3.05, 3.63) is 14.9 Å². The third kappa shape index (κ3) is 4.12. The van der Waals surface area contributed by atoms with Crippen LogP contribution in [0.15, 0.2) is 14.1 Å². The minimum absolute atomic E-state index is 0.243. The lowest BCUT2D eigenvalue weighted by molar-refractivity contribution is 0.583. The maximum absolute atomic E-state index is 11.7. The molecule has 1 N–H and O–H groups in total. The van der Waals surface area contributed by atoms with Gasteiger partial charge < -0.3 is 0 Å². The van der Waals surface area contributed by atoms with E-state index in [1.165, 1.54) is 6.07 Å². The van der Waals surface area contributed by atoms with E-state index in [1.807, 2.05) is 0 Å². The Kier molecular flexibility index (Phi) is 5.81. The highest BCUT2D eigenvalue weighted by Gasteiger charge is 2.17. The minimum Gasteiger partial charge on any atom is -0.210 e. The summed E-state index contributed by atoms with van der Waals surface area (Å²) in [6.45, 7) is 0.457. The lowest BCUT2D eigenvalue weighted by atomic mass is 10.5. The lowest BCUT2D eigenvalue weighted by Crippen LogP contribution is -2.24. The summed E-state index contributed by atoms with van der Waals surface area (Å²) >= 11 is 12.3. The van der Waals surface area contributed by atoms with Gasteiger partial charge in [0.15, 0.2) is 0 Å². The quantitative estimate of drug-likeness (QED) is 0.431. The van der Waals surface area contributed by atoms with Gasteiger partial charge in [-0.2, -0.15) is 0 Å². The van der Waals surface area contributed by atoms with Crippen LogP contribution < -0.4 is 4.72 Å². The Hall–Kier alpha value is 1.11. The maximum Gasteiger partial charge on any atom is 0.250 e. The third-order valence-electron chi connectivity index (χ3n) is 1.49. The molecule has 0 bridgehead atoms. The second kappa shape index (κ2) is 6.15. The van der Waals surface area contributed by atoms with Crippen LogP contribution in [-0.2, 0) is 10.0 Å². The van der Waals surface area contributed by atoms with E-state index in [4.69, 9.17) is 11.6 Å². The average Bonchev–Trinajstić information content (AvgIpc) is 2.48. The average molecular weight is 445 g/mol. The fourth-order valence-corrected chi connectivity index (χ4v) is 4.70. The highest BCUT2D eigenvalue weighted by atomic mass is 127. The normalized spacial score (nSPS) is 11.9. The zero-order valence-electron chi connectivity index (χ0n) is 7.47. The van der Waals surface area contributed by atoms with Gasteiger partial charge in [0.2, 0.25) is 10.0 Å². The summed E-state index contributed by atoms with van der Waals surface area (Å²) in [5.74, 6) is 0. The Balaban J connectivity index is 2.77. The Labute approximate surface area is 120 Å². The van der Waals surface area contributed by atoms with Gasteiger partial charge in [0.1, 0.15) is 4.21 Å². The highest BCUT2D eigenvalue weighted by Crippen LogP contribution is 2.34. The van der Waals surface area contributed by atoms with Gasteiger partial charge in [0, 0.05) is 11.0 Å². The van der Waals surface area contributed by atoms with Crippen molar-refractivity contribution < 1.29 is 8.42 Å². The van der Waals surface area contributed by atoms with Gasteiger partial charge in [-0.25, -0.2) is 13.1 Å². The number of rotatable bonds is 5. The molecular formula is C7H8BrClINO2S2. The molecular weight excluding hydrogens is 436 g/mol. The summed E-state index contributed by atoms with van der Waals surface area (Å²) in [5, 5.41) is 0.425. The molecule has 0 aliphatic rings. The second-order valence-electron chi connectivity index (χ2n) is 2.63. The molecule has 0 amide bonds. The number of hydrogen-bond donors (Lipinski definition) is 1. The number of nitrogens with one attached hydrogen (secondary N) is 1. The first-order valence-electron chi connectivity index (χ1n) is 3.98. The molecule has 0 unspecified atom stereocenters. The number of sulfonamides is 1. The minimum atomic E-state index is -3.38. The van der Waals surface area contributed by atoms with E-state index in [0.717, 1.165) is 22.2 Å². The van der Waals surface area contributed by atoms with E-state index >= 15 is 0 Å². The van der Waals surface area contributed by atoms with Crippen LogP contribution in [-0.4, -0.2) is 19.4 Å². The predicted molar refractivity (Wildman–Crippen MR) is 75.7 cm³/mol. The number of alkyl halides is 1. The number of halogens is 3. The Morgan fingerprint density at radius 3 is 2.73 bits per heavy atom. The maximum atomic E-state index is 11.7. The standard InChI is InChI=1S/C7H8BrClINO2S2/c8-7-5(9)4-6(14-7)15(12,13)11-3-1-2-10/h4,11H,1-3H2. The van der Waals surface area contributed by atoms with Crippen molar-refractivity contribution in [2.45, 2.75) is 10.6 Å². The van der Waals surface area contributed by atoms with Gasteiger partial charge in [-0.3, -0.25) is 0 Å². The monoisotopic (exact) mass is 443 g/mol. The van der Waals surface area contributed by atoms with Crippen LogP contribution in [0.1, 0.15) is 6.42 Å². The molecule has 0 saturated carbocycles. The van der Waals surface area contributed by atoms with Crippen molar-refractivity contribution in [2.75, 3.05) is 11.0 Å². The van der Waals surface area contributed by atoms with Crippen LogP contribution in [0.25, 0.3) is 0 Å². The van der Waals surface area contributed by atoms with Gasteiger partial charge in [-0.15, -0.1) is 11.3 Å². The SMILES string of the molecule is O=S(=O)(NCCCI)c1cc(Cl)c(Br)s1. The van der Waals surface area contributed by atoms with Crippen LogP contribution in [0.5, 0.6) is 0 Å². The van der Waals surface area contributed by atoms with E-state index in [9.17, 15) is 8.42 Å². The number of thiophene rings is 1. The molecule has 1 heterocycles. The zero-order valence-corrected chi connectivity index (χ0v) is 13.6. The van der Waals surface area contributed by atoms with Gasteiger partial charge in [0.05, 0.1) is 8.81 Å². The molecule has 1 aromatic rings. The fourth-order valence-electron chi connectivity index (χ4n) is 0.804. The molecule has 0 saturated heterocycles. The van der Waals surface area contributed by atoms with E-state index in [1.54, 1.807) is 0 Å². The first kappa shape index (κ1) is 14.2. The summed E-state index contributed by atoms with van der Waals surface area (Å²) in [4.78, 5) is 0. The summed E-state index contributed by atoms with van der Waals surface area (Å²) in [6.07, 6.45) is 0.820. The highest BCUT2D eigenvalue weighted by molar-refractivity contribution is 14.1. The summed E-state index contributed by atoms with van der Waals surface area (Å²) in [5.41, 5.74) is 0. The van der Waals surface area contributed by atoms with Gasteiger partial charge in [0.25, 0.3) is 0 Å². The topological polar surface area (TPSA) is 46.2 Å². The fraction of sp³-hybridized carbons (Fsp3) is 0.429. The molecule has 0 atom stereocenters. The molecule has 0 radical (unpaired) electrons. The number of hydrogen-bond acceptors (Lipinski definition) is 3. The zero-order chi connectivity index (χ0) is 11.5. The first-order valence-corrected chi connectivity index (χ1v) is 8.97. The Bertz CT molecular complexity index is 415. The molecule has 1 rings (SSSR count). The molecule has 0 spiro atoms. The molecule has 15 heavy (non-hydrogen) atoms. The molecule has 8 heteroatoms. The van der Waals surface area contributed by atoms with Crippen LogP contribution >= 0.6 is 61.5 Å².